The Bertz CT molecular complexity index is 962. The van der Waals surface area contributed by atoms with Gasteiger partial charge in [0.1, 0.15) is 6.33 Å². The Morgan fingerprint density at radius 1 is 1.03 bits per heavy atom. The van der Waals surface area contributed by atoms with Crippen LogP contribution in [0.25, 0.3) is 22.5 Å². The van der Waals surface area contributed by atoms with Gasteiger partial charge in [-0.25, -0.2) is 0 Å². The summed E-state index contributed by atoms with van der Waals surface area (Å²) in [6.45, 7) is 1.89. The average Bonchev–Trinajstić information content (AvgIpc) is 3.43. The Morgan fingerprint density at radius 3 is 2.34 bits per heavy atom. The maximum atomic E-state index is 11.7. The molecule has 0 spiro atoms. The van der Waals surface area contributed by atoms with Crippen LogP contribution < -0.4 is 10.6 Å². The molecule has 1 amide bonds. The van der Waals surface area contributed by atoms with E-state index in [1.165, 1.54) is 11.1 Å². The molecule has 1 heterocycles. The molecule has 1 fully saturated rings. The Balaban J connectivity index is 1.50. The number of benzene rings is 2. The summed E-state index contributed by atoms with van der Waals surface area (Å²) in [5, 5.41) is 14.8. The normalized spacial score (nSPS) is 18.6. The number of carbonyl (C=O) groups is 1. The van der Waals surface area contributed by atoms with Crippen LogP contribution in [-0.2, 0) is 4.79 Å². The predicted molar refractivity (Wildman–Crippen MR) is 116 cm³/mol. The molecule has 2 unspecified atom stereocenters. The van der Waals surface area contributed by atoms with Gasteiger partial charge in [-0.2, -0.15) is 0 Å². The minimum Gasteiger partial charge on any atom is -0.388 e. The summed E-state index contributed by atoms with van der Waals surface area (Å²) in [4.78, 5) is 11.7. The topological polar surface area (TPSA) is 71.8 Å². The molecule has 1 aromatic heterocycles. The summed E-state index contributed by atoms with van der Waals surface area (Å²) >= 11 is 0. The number of amides is 1. The van der Waals surface area contributed by atoms with Crippen LogP contribution in [0, 0.1) is 0 Å². The third kappa shape index (κ3) is 4.16. The highest BCUT2D eigenvalue weighted by Crippen LogP contribution is 2.33. The average molecular weight is 390 g/mol. The van der Waals surface area contributed by atoms with Crippen LogP contribution in [0.2, 0.25) is 0 Å². The van der Waals surface area contributed by atoms with E-state index < -0.39 is 0 Å². The number of hydrogen-bond acceptors (Lipinski definition) is 4. The standard InChI is InChI=1S/C23H27N5O/c1-3-22(29)26-20-12-13-21(14-20)28-15-25-27-23(28)18-6-4-16(5-7-18)17-8-10-19(24-2)11-9-17/h4-11,15,20-21,24H,3,12-14H2,1-2H3,(H,26,29). The fraction of sp³-hybridized carbons (Fsp3) is 0.348. The molecule has 0 bridgehead atoms. The highest BCUT2D eigenvalue weighted by Gasteiger charge is 2.28. The fourth-order valence-corrected chi connectivity index (χ4v) is 4.03. The second-order valence-corrected chi connectivity index (χ2v) is 7.55. The van der Waals surface area contributed by atoms with Gasteiger partial charge in [-0.15, -0.1) is 10.2 Å². The molecule has 0 aliphatic heterocycles. The van der Waals surface area contributed by atoms with Crippen molar-refractivity contribution in [1.29, 1.82) is 0 Å². The van der Waals surface area contributed by atoms with Crippen molar-refractivity contribution in [2.24, 2.45) is 0 Å². The summed E-state index contributed by atoms with van der Waals surface area (Å²) < 4.78 is 2.16. The second kappa shape index (κ2) is 8.47. The maximum Gasteiger partial charge on any atom is 0.219 e. The molecule has 1 aliphatic carbocycles. The number of carbonyl (C=O) groups excluding carboxylic acids is 1. The Labute approximate surface area is 171 Å². The van der Waals surface area contributed by atoms with Gasteiger partial charge in [0.25, 0.3) is 0 Å². The van der Waals surface area contributed by atoms with Crippen LogP contribution in [0.5, 0.6) is 0 Å². The summed E-state index contributed by atoms with van der Waals surface area (Å²) in [6.07, 6.45) is 5.29. The number of aromatic nitrogens is 3. The highest BCUT2D eigenvalue weighted by molar-refractivity contribution is 5.75. The first-order chi connectivity index (χ1) is 14.2. The number of hydrogen-bond donors (Lipinski definition) is 2. The van der Waals surface area contributed by atoms with E-state index in [2.05, 4.69) is 73.9 Å². The monoisotopic (exact) mass is 389 g/mol. The van der Waals surface area contributed by atoms with E-state index in [0.29, 0.717) is 12.5 Å². The van der Waals surface area contributed by atoms with Crippen LogP contribution in [0.1, 0.15) is 38.6 Å². The van der Waals surface area contributed by atoms with Gasteiger partial charge >= 0.3 is 0 Å². The van der Waals surface area contributed by atoms with E-state index in [1.807, 2.05) is 20.3 Å². The fourth-order valence-electron chi connectivity index (χ4n) is 4.03. The third-order valence-electron chi connectivity index (χ3n) is 5.71. The van der Waals surface area contributed by atoms with Gasteiger partial charge in [0.05, 0.1) is 0 Å². The molecule has 2 aromatic carbocycles. The molecule has 150 valence electrons. The zero-order valence-corrected chi connectivity index (χ0v) is 16.9. The van der Waals surface area contributed by atoms with Crippen molar-refractivity contribution in [3.05, 3.63) is 54.9 Å². The van der Waals surface area contributed by atoms with Crippen molar-refractivity contribution in [2.75, 3.05) is 12.4 Å². The van der Waals surface area contributed by atoms with Crippen molar-refractivity contribution in [3.63, 3.8) is 0 Å². The van der Waals surface area contributed by atoms with E-state index in [4.69, 9.17) is 0 Å². The van der Waals surface area contributed by atoms with Gasteiger partial charge in [0.2, 0.25) is 5.91 Å². The lowest BCUT2D eigenvalue weighted by atomic mass is 10.0. The van der Waals surface area contributed by atoms with Gasteiger partial charge < -0.3 is 15.2 Å². The zero-order chi connectivity index (χ0) is 20.2. The molecule has 0 radical (unpaired) electrons. The van der Waals surface area contributed by atoms with E-state index in [0.717, 1.165) is 36.3 Å². The maximum absolute atomic E-state index is 11.7. The van der Waals surface area contributed by atoms with Gasteiger partial charge in [0, 0.05) is 36.8 Å². The van der Waals surface area contributed by atoms with E-state index in [-0.39, 0.29) is 11.9 Å². The van der Waals surface area contributed by atoms with Crippen molar-refractivity contribution >= 4 is 11.6 Å². The van der Waals surface area contributed by atoms with Crippen molar-refractivity contribution in [1.82, 2.24) is 20.1 Å². The van der Waals surface area contributed by atoms with Crippen LogP contribution in [0.3, 0.4) is 0 Å². The van der Waals surface area contributed by atoms with E-state index >= 15 is 0 Å². The Morgan fingerprint density at radius 2 is 1.69 bits per heavy atom. The van der Waals surface area contributed by atoms with Crippen molar-refractivity contribution in [3.8, 4) is 22.5 Å². The predicted octanol–water partition coefficient (Wildman–Crippen LogP) is 4.27. The highest BCUT2D eigenvalue weighted by atomic mass is 16.1. The van der Waals surface area contributed by atoms with Gasteiger partial charge in [-0.1, -0.05) is 43.3 Å². The van der Waals surface area contributed by atoms with Gasteiger partial charge in [-0.3, -0.25) is 4.79 Å². The first kappa shape index (κ1) is 19.2. The van der Waals surface area contributed by atoms with Crippen LogP contribution in [0.15, 0.2) is 54.9 Å². The molecule has 4 rings (SSSR count). The molecule has 1 aliphatic rings. The lowest BCUT2D eigenvalue weighted by Gasteiger charge is -2.16. The van der Waals surface area contributed by atoms with Gasteiger partial charge in [0.15, 0.2) is 5.82 Å². The van der Waals surface area contributed by atoms with Crippen LogP contribution in [-0.4, -0.2) is 33.8 Å². The SMILES string of the molecule is CCC(=O)NC1CCC(n2cnnc2-c2ccc(-c3ccc(NC)cc3)cc2)C1. The smallest absolute Gasteiger partial charge is 0.219 e. The first-order valence-electron chi connectivity index (χ1n) is 10.3. The lowest BCUT2D eigenvalue weighted by molar-refractivity contribution is -0.121. The molecule has 3 aromatic rings. The molecule has 0 saturated heterocycles. The van der Waals surface area contributed by atoms with E-state index in [1.54, 1.807) is 0 Å². The van der Waals surface area contributed by atoms with Crippen LogP contribution in [0.4, 0.5) is 5.69 Å². The van der Waals surface area contributed by atoms with Gasteiger partial charge in [-0.05, 0) is 42.5 Å². The molecule has 6 heteroatoms. The molecule has 29 heavy (non-hydrogen) atoms. The molecular weight excluding hydrogens is 362 g/mol. The molecule has 1 saturated carbocycles. The minimum absolute atomic E-state index is 0.123. The second-order valence-electron chi connectivity index (χ2n) is 7.55. The molecule has 2 N–H and O–H groups in total. The van der Waals surface area contributed by atoms with Crippen molar-refractivity contribution in [2.45, 2.75) is 44.7 Å². The summed E-state index contributed by atoms with van der Waals surface area (Å²) in [5.41, 5.74) is 4.51. The Kier molecular flexibility index (Phi) is 5.60. The zero-order valence-electron chi connectivity index (χ0n) is 16.9. The third-order valence-corrected chi connectivity index (χ3v) is 5.71. The number of rotatable bonds is 6. The van der Waals surface area contributed by atoms with Crippen LogP contribution >= 0.6 is 0 Å². The minimum atomic E-state index is 0.123. The Hall–Kier alpha value is -3.15. The molecular formula is C23H27N5O. The summed E-state index contributed by atoms with van der Waals surface area (Å²) in [6, 6.07) is 17.4. The first-order valence-corrected chi connectivity index (χ1v) is 10.3. The number of anilines is 1. The largest absolute Gasteiger partial charge is 0.388 e. The number of nitrogens with zero attached hydrogens (tertiary/aromatic N) is 3. The lowest BCUT2D eigenvalue weighted by Crippen LogP contribution is -2.32. The number of nitrogens with one attached hydrogen (secondary N) is 2. The van der Waals surface area contributed by atoms with Crippen molar-refractivity contribution < 1.29 is 4.79 Å². The van der Waals surface area contributed by atoms with E-state index in [9.17, 15) is 4.79 Å². The summed E-state index contributed by atoms with van der Waals surface area (Å²) in [5.74, 6) is 1.01. The molecule has 6 nitrogen and oxygen atoms in total. The summed E-state index contributed by atoms with van der Waals surface area (Å²) in [7, 11) is 1.92. The quantitative estimate of drug-likeness (QED) is 0.660. The molecule has 2 atom stereocenters.